The first-order chi connectivity index (χ1) is 9.56. The predicted molar refractivity (Wildman–Crippen MR) is 77.5 cm³/mol. The highest BCUT2D eigenvalue weighted by molar-refractivity contribution is 6.07. The summed E-state index contributed by atoms with van der Waals surface area (Å²) in [7, 11) is 0. The summed E-state index contributed by atoms with van der Waals surface area (Å²) in [5.74, 6) is -0.0951. The van der Waals surface area contributed by atoms with Crippen LogP contribution in [-0.2, 0) is 4.79 Å². The Morgan fingerprint density at radius 2 is 2.15 bits per heavy atom. The van der Waals surface area contributed by atoms with Gasteiger partial charge in [0, 0.05) is 12.2 Å². The van der Waals surface area contributed by atoms with Crippen LogP contribution in [0.3, 0.4) is 0 Å². The zero-order valence-electron chi connectivity index (χ0n) is 11.1. The fourth-order valence-corrected chi connectivity index (χ4v) is 2.09. The van der Waals surface area contributed by atoms with Crippen molar-refractivity contribution >= 4 is 17.6 Å². The number of amidine groups is 2. The Hall–Kier alpha value is -2.43. The molecule has 5 N–H and O–H groups in total. The molecule has 0 unspecified atom stereocenters. The van der Waals surface area contributed by atoms with E-state index in [-0.39, 0.29) is 5.84 Å². The summed E-state index contributed by atoms with van der Waals surface area (Å²) in [6.45, 7) is 0. The molecule has 1 aliphatic carbocycles. The molecule has 1 saturated carbocycles. The molecule has 0 heterocycles. The maximum absolute atomic E-state index is 10.4. The maximum atomic E-state index is 10.4. The van der Waals surface area contributed by atoms with Gasteiger partial charge >= 0.3 is 11.8 Å². The van der Waals surface area contributed by atoms with E-state index in [1.807, 2.05) is 18.2 Å². The first-order valence-corrected chi connectivity index (χ1v) is 6.54. The zero-order chi connectivity index (χ0) is 14.5. The number of carbonyl (C=O) groups is 1. The molecular weight excluding hydrogens is 254 g/mol. The molecule has 0 amide bonds. The van der Waals surface area contributed by atoms with Crippen LogP contribution in [-0.4, -0.2) is 22.7 Å². The fourth-order valence-electron chi connectivity index (χ4n) is 2.09. The molecule has 1 aromatic rings. The Bertz CT molecular complexity index is 587. The Balaban J connectivity index is 2.12. The molecule has 0 bridgehead atoms. The van der Waals surface area contributed by atoms with Crippen LogP contribution >= 0.6 is 0 Å². The van der Waals surface area contributed by atoms with Crippen LogP contribution in [0.25, 0.3) is 0 Å². The smallest absolute Gasteiger partial charge is 0.328 e. The second-order valence-electron chi connectivity index (χ2n) is 4.85. The molecule has 2 rings (SSSR count). The molecule has 20 heavy (non-hydrogen) atoms. The fraction of sp³-hybridized carbons (Fsp3) is 0.267. The monoisotopic (exact) mass is 272 g/mol. The van der Waals surface area contributed by atoms with Crippen LogP contribution in [0.1, 0.15) is 36.3 Å². The summed E-state index contributed by atoms with van der Waals surface area (Å²) in [5, 5.41) is 14.4. The van der Waals surface area contributed by atoms with E-state index in [4.69, 9.17) is 16.2 Å². The summed E-state index contributed by atoms with van der Waals surface area (Å²) < 4.78 is 0. The number of nitrogens with two attached hydrogens (primary N) is 2. The lowest BCUT2D eigenvalue weighted by Gasteiger charge is -2.25. The van der Waals surface area contributed by atoms with Gasteiger partial charge in [-0.15, -0.1) is 0 Å². The van der Waals surface area contributed by atoms with E-state index in [0.717, 1.165) is 11.6 Å². The van der Waals surface area contributed by atoms with Crippen LogP contribution in [0.5, 0.6) is 0 Å². The van der Waals surface area contributed by atoms with Crippen molar-refractivity contribution in [3.05, 3.63) is 47.5 Å². The molecule has 1 aromatic carbocycles. The minimum Gasteiger partial charge on any atom is -0.478 e. The first kappa shape index (κ1) is 14.0. The number of carboxylic acid groups (broad SMARTS) is 1. The Labute approximate surface area is 117 Å². The van der Waals surface area contributed by atoms with Crippen molar-refractivity contribution in [1.29, 1.82) is 0 Å². The molecule has 5 nitrogen and oxygen atoms in total. The second-order valence-corrected chi connectivity index (χ2v) is 4.85. The number of hydrogen-bond acceptors (Lipinski definition) is 1. The van der Waals surface area contributed by atoms with E-state index in [2.05, 4.69) is 11.1 Å². The largest absolute Gasteiger partial charge is 0.478 e. The van der Waals surface area contributed by atoms with Gasteiger partial charge in [0.1, 0.15) is 0 Å². The average Bonchev–Trinajstić information content (AvgIpc) is 2.34. The molecule has 0 aromatic heterocycles. The van der Waals surface area contributed by atoms with Crippen molar-refractivity contribution in [1.82, 2.24) is 0 Å². The Kier molecular flexibility index (Phi) is 4.30. The lowest BCUT2D eigenvalue weighted by molar-refractivity contribution is -0.131. The van der Waals surface area contributed by atoms with Gasteiger partial charge in [-0.3, -0.25) is 5.41 Å². The molecule has 0 saturated heterocycles. The SMILES string of the molecule is NC(/C=C\C(=O)O)=NC(=[NH2+])c1cccc(C2CCC2)c1. The summed E-state index contributed by atoms with van der Waals surface area (Å²) in [4.78, 5) is 14.4. The van der Waals surface area contributed by atoms with Gasteiger partial charge in [-0.25, -0.2) is 4.79 Å². The average molecular weight is 272 g/mol. The highest BCUT2D eigenvalue weighted by Crippen LogP contribution is 2.36. The first-order valence-electron chi connectivity index (χ1n) is 6.54. The van der Waals surface area contributed by atoms with Gasteiger partial charge in [0.05, 0.1) is 5.56 Å². The highest BCUT2D eigenvalue weighted by atomic mass is 16.4. The summed E-state index contributed by atoms with van der Waals surface area (Å²) in [6.07, 6.45) is 5.85. The van der Waals surface area contributed by atoms with Gasteiger partial charge in [-0.05, 0) is 41.4 Å². The number of aliphatic imine (C=N–C) groups is 1. The number of rotatable bonds is 4. The van der Waals surface area contributed by atoms with Gasteiger partial charge in [-0.1, -0.05) is 18.6 Å². The quantitative estimate of drug-likeness (QED) is 0.421. The highest BCUT2D eigenvalue weighted by Gasteiger charge is 2.20. The standard InChI is InChI=1S/C15H17N3O2/c16-13(7-8-14(19)20)18-15(17)12-6-2-5-11(9-12)10-3-1-4-10/h2,5-10H,1,3-4H2,(H,19,20)(H3,16,17,18)/p+1/b8-7-. The normalized spacial score (nSPS) is 16.1. The predicted octanol–water partition coefficient (Wildman–Crippen LogP) is 0.458. The molecular formula is C15H18N3O2+. The van der Waals surface area contributed by atoms with Gasteiger partial charge < -0.3 is 10.8 Å². The second kappa shape index (κ2) is 6.14. The molecule has 5 heteroatoms. The van der Waals surface area contributed by atoms with Crippen LogP contribution in [0.2, 0.25) is 0 Å². The Morgan fingerprint density at radius 1 is 1.40 bits per heavy atom. The molecule has 0 atom stereocenters. The lowest BCUT2D eigenvalue weighted by atomic mass is 9.79. The van der Waals surface area contributed by atoms with E-state index < -0.39 is 5.97 Å². The van der Waals surface area contributed by atoms with E-state index in [9.17, 15) is 4.79 Å². The van der Waals surface area contributed by atoms with Crippen molar-refractivity contribution in [3.63, 3.8) is 0 Å². The van der Waals surface area contributed by atoms with E-state index >= 15 is 0 Å². The van der Waals surface area contributed by atoms with Crippen LogP contribution in [0, 0.1) is 0 Å². The topological polar surface area (TPSA) is 101 Å². The Morgan fingerprint density at radius 3 is 2.75 bits per heavy atom. The molecule has 1 aliphatic rings. The lowest BCUT2D eigenvalue weighted by Crippen LogP contribution is -2.40. The minimum atomic E-state index is -1.08. The van der Waals surface area contributed by atoms with Gasteiger partial charge in [0.25, 0.3) is 0 Å². The maximum Gasteiger partial charge on any atom is 0.328 e. The van der Waals surface area contributed by atoms with Gasteiger partial charge in [0.2, 0.25) is 5.84 Å². The van der Waals surface area contributed by atoms with Crippen LogP contribution in [0.15, 0.2) is 41.4 Å². The minimum absolute atomic E-state index is 0.0685. The van der Waals surface area contributed by atoms with Crippen molar-refractivity contribution in [2.45, 2.75) is 25.2 Å². The number of benzene rings is 1. The molecule has 0 spiro atoms. The summed E-state index contributed by atoms with van der Waals surface area (Å²) in [5.41, 5.74) is 7.67. The van der Waals surface area contributed by atoms with Gasteiger partial charge in [0.15, 0.2) is 0 Å². The number of aliphatic carboxylic acids is 1. The summed E-state index contributed by atoms with van der Waals surface area (Å²) in [6, 6.07) is 7.94. The third-order valence-corrected chi connectivity index (χ3v) is 3.41. The summed E-state index contributed by atoms with van der Waals surface area (Å²) >= 11 is 0. The molecule has 104 valence electrons. The van der Waals surface area contributed by atoms with Crippen molar-refractivity contribution in [3.8, 4) is 0 Å². The number of carboxylic acids is 1. The van der Waals surface area contributed by atoms with Crippen molar-refractivity contribution in [2.24, 2.45) is 10.7 Å². The zero-order valence-corrected chi connectivity index (χ0v) is 11.1. The van der Waals surface area contributed by atoms with E-state index in [0.29, 0.717) is 11.8 Å². The van der Waals surface area contributed by atoms with Crippen molar-refractivity contribution in [2.75, 3.05) is 0 Å². The van der Waals surface area contributed by atoms with Crippen LogP contribution in [0.4, 0.5) is 0 Å². The third kappa shape index (κ3) is 3.54. The van der Waals surface area contributed by atoms with E-state index in [1.165, 1.54) is 30.9 Å². The van der Waals surface area contributed by atoms with Crippen LogP contribution < -0.4 is 11.1 Å². The molecule has 1 fully saturated rings. The van der Waals surface area contributed by atoms with Gasteiger partial charge in [-0.2, -0.15) is 0 Å². The molecule has 0 aliphatic heterocycles. The molecule has 0 radical (unpaired) electrons. The number of hydrogen-bond donors (Lipinski definition) is 3. The third-order valence-electron chi connectivity index (χ3n) is 3.41. The van der Waals surface area contributed by atoms with Crippen molar-refractivity contribution < 1.29 is 15.3 Å². The number of nitrogens with zero attached hydrogens (tertiary/aromatic N) is 1. The van der Waals surface area contributed by atoms with E-state index in [1.54, 1.807) is 0 Å².